The van der Waals surface area contributed by atoms with Crippen molar-refractivity contribution in [1.29, 1.82) is 0 Å². The van der Waals surface area contributed by atoms with Gasteiger partial charge in [-0.05, 0) is 57.8 Å². The number of hydrogen-bond donors (Lipinski definition) is 1. The lowest BCUT2D eigenvalue weighted by Crippen LogP contribution is -2.40. The van der Waals surface area contributed by atoms with Crippen LogP contribution in [-0.4, -0.2) is 36.8 Å². The number of hydrogen-bond acceptors (Lipinski definition) is 3. The SMILES string of the molecule is CCC(O)(c1cc(C)cc(C)c1OC)C(C)CN1CCCC1. The summed E-state index contributed by atoms with van der Waals surface area (Å²) in [7, 11) is 1.70. The van der Waals surface area contributed by atoms with Gasteiger partial charge in [0.15, 0.2) is 0 Å². The highest BCUT2D eigenvalue weighted by atomic mass is 16.5. The highest BCUT2D eigenvalue weighted by Crippen LogP contribution is 2.41. The maximum absolute atomic E-state index is 11.5. The first-order valence-corrected chi connectivity index (χ1v) is 8.52. The van der Waals surface area contributed by atoms with E-state index in [0.29, 0.717) is 6.42 Å². The van der Waals surface area contributed by atoms with Crippen LogP contribution in [0.25, 0.3) is 0 Å². The molecule has 3 heteroatoms. The van der Waals surface area contributed by atoms with Crippen LogP contribution in [0.15, 0.2) is 12.1 Å². The number of likely N-dealkylation sites (tertiary alicyclic amines) is 1. The van der Waals surface area contributed by atoms with Crippen molar-refractivity contribution in [2.75, 3.05) is 26.7 Å². The predicted octanol–water partition coefficient (Wildman–Crippen LogP) is 3.64. The molecule has 0 amide bonds. The molecule has 1 aromatic carbocycles. The molecule has 0 radical (unpaired) electrons. The molecule has 1 heterocycles. The number of aliphatic hydroxyl groups is 1. The summed E-state index contributed by atoms with van der Waals surface area (Å²) in [6.07, 6.45) is 3.26. The number of rotatable bonds is 6. The Bertz CT molecular complexity index is 508. The monoisotopic (exact) mass is 305 g/mol. The third-order valence-electron chi connectivity index (χ3n) is 5.17. The molecule has 0 bridgehead atoms. The van der Waals surface area contributed by atoms with Gasteiger partial charge in [0, 0.05) is 18.0 Å². The number of methoxy groups -OCH3 is 1. The molecule has 1 fully saturated rings. The van der Waals surface area contributed by atoms with Crippen LogP contribution in [0.3, 0.4) is 0 Å². The second kappa shape index (κ2) is 7.01. The highest BCUT2D eigenvalue weighted by Gasteiger charge is 2.38. The van der Waals surface area contributed by atoms with E-state index in [4.69, 9.17) is 4.74 Å². The summed E-state index contributed by atoms with van der Waals surface area (Å²) in [5.74, 6) is 1.01. The van der Waals surface area contributed by atoms with Crippen LogP contribution in [0.2, 0.25) is 0 Å². The molecule has 2 unspecified atom stereocenters. The number of nitrogens with zero attached hydrogens (tertiary/aromatic N) is 1. The zero-order chi connectivity index (χ0) is 16.3. The van der Waals surface area contributed by atoms with Gasteiger partial charge in [-0.25, -0.2) is 0 Å². The molecule has 1 aromatic rings. The third-order valence-corrected chi connectivity index (χ3v) is 5.17. The molecule has 1 saturated heterocycles. The lowest BCUT2D eigenvalue weighted by atomic mass is 9.78. The molecule has 3 nitrogen and oxygen atoms in total. The molecular formula is C19H31NO2. The van der Waals surface area contributed by atoms with E-state index in [1.165, 1.54) is 18.4 Å². The second-order valence-electron chi connectivity index (χ2n) is 6.85. The van der Waals surface area contributed by atoms with E-state index in [1.54, 1.807) is 7.11 Å². The van der Waals surface area contributed by atoms with Crippen LogP contribution in [0.5, 0.6) is 5.75 Å². The second-order valence-corrected chi connectivity index (χ2v) is 6.85. The van der Waals surface area contributed by atoms with Crippen LogP contribution < -0.4 is 4.74 Å². The molecule has 2 atom stereocenters. The van der Waals surface area contributed by atoms with Gasteiger partial charge in [-0.15, -0.1) is 0 Å². The molecule has 124 valence electrons. The number of benzene rings is 1. The van der Waals surface area contributed by atoms with Crippen LogP contribution in [0, 0.1) is 19.8 Å². The Morgan fingerprint density at radius 3 is 2.45 bits per heavy atom. The van der Waals surface area contributed by atoms with E-state index < -0.39 is 5.60 Å². The van der Waals surface area contributed by atoms with Gasteiger partial charge in [-0.3, -0.25) is 0 Å². The minimum Gasteiger partial charge on any atom is -0.496 e. The van der Waals surface area contributed by atoms with Crippen molar-refractivity contribution in [2.45, 2.75) is 52.6 Å². The van der Waals surface area contributed by atoms with Gasteiger partial charge in [0.05, 0.1) is 12.7 Å². The molecule has 1 aliphatic heterocycles. The first kappa shape index (κ1) is 17.3. The zero-order valence-corrected chi connectivity index (χ0v) is 14.8. The molecule has 1 aliphatic rings. The average molecular weight is 305 g/mol. The molecule has 2 rings (SSSR count). The molecule has 0 saturated carbocycles. The number of ether oxygens (including phenoxy) is 1. The molecule has 0 spiro atoms. The molecule has 0 aromatic heterocycles. The van der Waals surface area contributed by atoms with E-state index in [-0.39, 0.29) is 5.92 Å². The zero-order valence-electron chi connectivity index (χ0n) is 14.8. The Morgan fingerprint density at radius 2 is 1.91 bits per heavy atom. The summed E-state index contributed by atoms with van der Waals surface area (Å²) < 4.78 is 5.63. The molecule has 22 heavy (non-hydrogen) atoms. The van der Waals surface area contributed by atoms with Crippen molar-refractivity contribution in [3.05, 3.63) is 28.8 Å². The quantitative estimate of drug-likeness (QED) is 0.871. The number of aryl methyl sites for hydroxylation is 2. The van der Waals surface area contributed by atoms with Gasteiger partial charge in [-0.2, -0.15) is 0 Å². The lowest BCUT2D eigenvalue weighted by Gasteiger charge is -2.37. The standard InChI is InChI=1S/C19H31NO2/c1-6-19(21,16(4)13-20-9-7-8-10-20)17-12-14(2)11-15(3)18(17)22-5/h11-12,16,21H,6-10,13H2,1-5H3. The van der Waals surface area contributed by atoms with E-state index in [2.05, 4.69) is 44.7 Å². The van der Waals surface area contributed by atoms with E-state index >= 15 is 0 Å². The Kier molecular flexibility index (Phi) is 5.51. The normalized spacial score (nSPS) is 19.9. The van der Waals surface area contributed by atoms with Crippen molar-refractivity contribution in [3.8, 4) is 5.75 Å². The van der Waals surface area contributed by atoms with Gasteiger partial charge < -0.3 is 14.7 Å². The van der Waals surface area contributed by atoms with Crippen molar-refractivity contribution < 1.29 is 9.84 Å². The fraction of sp³-hybridized carbons (Fsp3) is 0.684. The van der Waals surface area contributed by atoms with Crippen LogP contribution in [0.4, 0.5) is 0 Å². The third kappa shape index (κ3) is 3.31. The smallest absolute Gasteiger partial charge is 0.127 e. The fourth-order valence-corrected chi connectivity index (χ4v) is 3.85. The van der Waals surface area contributed by atoms with Crippen molar-refractivity contribution in [3.63, 3.8) is 0 Å². The van der Waals surface area contributed by atoms with Crippen molar-refractivity contribution in [2.24, 2.45) is 5.92 Å². The van der Waals surface area contributed by atoms with Crippen LogP contribution in [0.1, 0.15) is 49.8 Å². The predicted molar refractivity (Wildman–Crippen MR) is 91.5 cm³/mol. The van der Waals surface area contributed by atoms with E-state index in [0.717, 1.165) is 36.5 Å². The minimum absolute atomic E-state index is 0.172. The summed E-state index contributed by atoms with van der Waals surface area (Å²) in [6, 6.07) is 4.21. The Morgan fingerprint density at radius 1 is 1.27 bits per heavy atom. The molecular weight excluding hydrogens is 274 g/mol. The van der Waals surface area contributed by atoms with Gasteiger partial charge in [-0.1, -0.05) is 25.5 Å². The highest BCUT2D eigenvalue weighted by molar-refractivity contribution is 5.47. The summed E-state index contributed by atoms with van der Waals surface area (Å²) in [5.41, 5.74) is 2.37. The Balaban J connectivity index is 2.35. The van der Waals surface area contributed by atoms with Crippen LogP contribution in [-0.2, 0) is 5.60 Å². The van der Waals surface area contributed by atoms with Crippen molar-refractivity contribution in [1.82, 2.24) is 4.90 Å². The van der Waals surface area contributed by atoms with Gasteiger partial charge >= 0.3 is 0 Å². The molecule has 1 N–H and O–H groups in total. The largest absolute Gasteiger partial charge is 0.496 e. The van der Waals surface area contributed by atoms with E-state index in [1.807, 2.05) is 0 Å². The van der Waals surface area contributed by atoms with Crippen LogP contribution >= 0.6 is 0 Å². The lowest BCUT2D eigenvalue weighted by molar-refractivity contribution is -0.0331. The Labute approximate surface area is 135 Å². The summed E-state index contributed by atoms with van der Waals surface area (Å²) in [4.78, 5) is 2.47. The topological polar surface area (TPSA) is 32.7 Å². The maximum Gasteiger partial charge on any atom is 0.127 e. The molecule has 0 aliphatic carbocycles. The van der Waals surface area contributed by atoms with Gasteiger partial charge in [0.25, 0.3) is 0 Å². The average Bonchev–Trinajstić information content (AvgIpc) is 2.98. The first-order chi connectivity index (χ1) is 10.4. The first-order valence-electron chi connectivity index (χ1n) is 8.52. The Hall–Kier alpha value is -1.06. The van der Waals surface area contributed by atoms with E-state index in [9.17, 15) is 5.11 Å². The van der Waals surface area contributed by atoms with Gasteiger partial charge in [0.1, 0.15) is 5.75 Å². The fourth-order valence-electron chi connectivity index (χ4n) is 3.85. The summed E-state index contributed by atoms with van der Waals surface area (Å²) in [5, 5.41) is 11.5. The van der Waals surface area contributed by atoms with Crippen molar-refractivity contribution >= 4 is 0 Å². The minimum atomic E-state index is -0.843. The summed E-state index contributed by atoms with van der Waals surface area (Å²) >= 11 is 0. The summed E-state index contributed by atoms with van der Waals surface area (Å²) in [6.45, 7) is 11.6. The van der Waals surface area contributed by atoms with Gasteiger partial charge in [0.2, 0.25) is 0 Å². The maximum atomic E-state index is 11.5.